The summed E-state index contributed by atoms with van der Waals surface area (Å²) in [5.41, 5.74) is 0. The maximum Gasteiger partial charge on any atom is 0.0422 e. The number of hydrogen-bond acceptors (Lipinski definition) is 1. The van der Waals surface area contributed by atoms with Crippen molar-refractivity contribution < 1.29 is 0 Å². The molecule has 4 atom stereocenters. The van der Waals surface area contributed by atoms with Crippen molar-refractivity contribution in [3.8, 4) is 0 Å². The van der Waals surface area contributed by atoms with E-state index in [0.29, 0.717) is 5.38 Å². The van der Waals surface area contributed by atoms with E-state index < -0.39 is 0 Å². The van der Waals surface area contributed by atoms with Crippen LogP contribution in [0.3, 0.4) is 0 Å². The highest BCUT2D eigenvalue weighted by atomic mass is 35.5. The van der Waals surface area contributed by atoms with Gasteiger partial charge in [0.1, 0.15) is 0 Å². The van der Waals surface area contributed by atoms with E-state index in [1.54, 1.807) is 0 Å². The largest absolute Gasteiger partial charge is 0.311 e. The molecule has 2 heteroatoms. The van der Waals surface area contributed by atoms with Crippen molar-refractivity contribution in [1.82, 2.24) is 5.32 Å². The lowest BCUT2D eigenvalue weighted by Gasteiger charge is -2.50. The van der Waals surface area contributed by atoms with Gasteiger partial charge >= 0.3 is 0 Å². The van der Waals surface area contributed by atoms with E-state index in [2.05, 4.69) is 5.32 Å². The van der Waals surface area contributed by atoms with Crippen LogP contribution < -0.4 is 5.32 Å². The van der Waals surface area contributed by atoms with Crippen LogP contribution in [0.1, 0.15) is 51.4 Å². The van der Waals surface area contributed by atoms with Crippen LogP contribution in [0.4, 0.5) is 0 Å². The molecule has 0 aromatic rings. The Morgan fingerprint density at radius 1 is 0.733 bits per heavy atom. The minimum atomic E-state index is 0.474. The number of halogens is 1. The third kappa shape index (κ3) is 1.82. The van der Waals surface area contributed by atoms with Crippen molar-refractivity contribution in [2.45, 2.75) is 68.8 Å². The summed E-state index contributed by atoms with van der Waals surface area (Å²) in [5, 5.41) is 4.38. The van der Waals surface area contributed by atoms with Crippen molar-refractivity contribution in [3.63, 3.8) is 0 Å². The molecule has 15 heavy (non-hydrogen) atoms. The van der Waals surface area contributed by atoms with Crippen molar-refractivity contribution in [1.29, 1.82) is 0 Å². The average molecular weight is 228 g/mol. The van der Waals surface area contributed by atoms with Gasteiger partial charge in [0.15, 0.2) is 0 Å². The molecule has 0 aromatic heterocycles. The van der Waals surface area contributed by atoms with Crippen LogP contribution >= 0.6 is 11.6 Å². The Morgan fingerprint density at radius 3 is 1.73 bits per heavy atom. The minimum Gasteiger partial charge on any atom is -0.311 e. The van der Waals surface area contributed by atoms with Crippen molar-refractivity contribution in [3.05, 3.63) is 0 Å². The maximum absolute atomic E-state index is 6.72. The first kappa shape index (κ1) is 10.4. The van der Waals surface area contributed by atoms with Gasteiger partial charge < -0.3 is 5.32 Å². The normalized spacial score (nSPS) is 50.6. The van der Waals surface area contributed by atoms with E-state index in [1.807, 2.05) is 0 Å². The van der Waals surface area contributed by atoms with E-state index in [1.165, 1.54) is 51.4 Å². The molecule has 2 saturated carbocycles. The van der Waals surface area contributed by atoms with Gasteiger partial charge in [-0.2, -0.15) is 0 Å². The molecule has 0 spiro atoms. The van der Waals surface area contributed by atoms with Gasteiger partial charge in [-0.25, -0.2) is 0 Å². The number of piperidine rings is 1. The number of hydrogen-bond donors (Lipinski definition) is 1. The van der Waals surface area contributed by atoms with Gasteiger partial charge in [0.2, 0.25) is 0 Å². The van der Waals surface area contributed by atoms with Crippen molar-refractivity contribution in [2.24, 2.45) is 11.8 Å². The highest BCUT2D eigenvalue weighted by Crippen LogP contribution is 2.43. The van der Waals surface area contributed by atoms with Crippen LogP contribution in [0.25, 0.3) is 0 Å². The maximum atomic E-state index is 6.72. The SMILES string of the molecule is ClC1C2CCCCC2NC2CCCCC21. The molecule has 3 rings (SSSR count). The van der Waals surface area contributed by atoms with Gasteiger partial charge in [0.25, 0.3) is 0 Å². The Bertz CT molecular complexity index is 209. The average Bonchev–Trinajstić information content (AvgIpc) is 2.30. The summed E-state index contributed by atoms with van der Waals surface area (Å²) in [7, 11) is 0. The molecule has 1 heterocycles. The standard InChI is InChI=1S/C13H22ClN/c14-13-9-5-1-3-7-11(9)15-12-8-4-2-6-10(12)13/h9-13,15H,1-8H2. The second-order valence-electron chi connectivity index (χ2n) is 5.72. The van der Waals surface area contributed by atoms with Crippen molar-refractivity contribution >= 4 is 11.6 Å². The molecule has 1 saturated heterocycles. The molecule has 3 aliphatic rings. The molecule has 0 amide bonds. The van der Waals surface area contributed by atoms with Gasteiger partial charge in [-0.05, 0) is 37.5 Å². The lowest BCUT2D eigenvalue weighted by Crippen LogP contribution is -2.59. The summed E-state index contributed by atoms with van der Waals surface area (Å²) in [6, 6.07) is 1.50. The highest BCUT2D eigenvalue weighted by Gasteiger charge is 2.44. The number of fused-ring (bicyclic) bond motifs is 2. The van der Waals surface area contributed by atoms with Gasteiger partial charge in [-0.1, -0.05) is 25.7 Å². The second-order valence-corrected chi connectivity index (χ2v) is 6.22. The summed E-state index contributed by atoms with van der Waals surface area (Å²) < 4.78 is 0. The van der Waals surface area contributed by atoms with Crippen LogP contribution in [0, 0.1) is 11.8 Å². The molecule has 86 valence electrons. The number of nitrogens with one attached hydrogen (secondary N) is 1. The monoisotopic (exact) mass is 227 g/mol. The zero-order valence-electron chi connectivity index (χ0n) is 9.42. The topological polar surface area (TPSA) is 12.0 Å². The van der Waals surface area contributed by atoms with E-state index in [4.69, 9.17) is 11.6 Å². The molecule has 0 aromatic carbocycles. The quantitative estimate of drug-likeness (QED) is 0.627. The predicted octanol–water partition coefficient (Wildman–Crippen LogP) is 3.31. The summed E-state index contributed by atoms with van der Waals surface area (Å²) in [6.07, 6.45) is 11.1. The Balaban J connectivity index is 1.76. The van der Waals surface area contributed by atoms with Gasteiger partial charge in [0.05, 0.1) is 0 Å². The van der Waals surface area contributed by atoms with Crippen LogP contribution in [-0.2, 0) is 0 Å². The van der Waals surface area contributed by atoms with E-state index in [-0.39, 0.29) is 0 Å². The molecule has 4 unspecified atom stereocenters. The predicted molar refractivity (Wildman–Crippen MR) is 64.3 cm³/mol. The van der Waals surface area contributed by atoms with Crippen LogP contribution in [0.2, 0.25) is 0 Å². The van der Waals surface area contributed by atoms with Gasteiger partial charge in [0, 0.05) is 17.5 Å². The summed E-state index contributed by atoms with van der Waals surface area (Å²) in [6.45, 7) is 0. The summed E-state index contributed by atoms with van der Waals surface area (Å²) in [4.78, 5) is 0. The fraction of sp³-hybridized carbons (Fsp3) is 1.00. The highest BCUT2D eigenvalue weighted by molar-refractivity contribution is 6.21. The lowest BCUT2D eigenvalue weighted by molar-refractivity contribution is 0.101. The van der Waals surface area contributed by atoms with Gasteiger partial charge in [-0.3, -0.25) is 0 Å². The first-order valence-electron chi connectivity index (χ1n) is 6.76. The summed E-state index contributed by atoms with van der Waals surface area (Å²) in [5.74, 6) is 1.56. The van der Waals surface area contributed by atoms with E-state index >= 15 is 0 Å². The molecule has 0 bridgehead atoms. The molecule has 1 N–H and O–H groups in total. The first-order chi connectivity index (χ1) is 7.36. The first-order valence-corrected chi connectivity index (χ1v) is 7.20. The molecular formula is C13H22ClN. The smallest absolute Gasteiger partial charge is 0.0422 e. The molecule has 1 aliphatic heterocycles. The third-order valence-electron chi connectivity index (χ3n) is 4.89. The molecule has 2 aliphatic carbocycles. The van der Waals surface area contributed by atoms with Crippen LogP contribution in [-0.4, -0.2) is 17.5 Å². The van der Waals surface area contributed by atoms with E-state index in [9.17, 15) is 0 Å². The zero-order chi connectivity index (χ0) is 10.3. The Hall–Kier alpha value is 0.250. The Morgan fingerprint density at radius 2 is 1.20 bits per heavy atom. The third-order valence-corrected chi connectivity index (χ3v) is 5.53. The number of alkyl halides is 1. The van der Waals surface area contributed by atoms with Crippen LogP contribution in [0.15, 0.2) is 0 Å². The summed E-state index contributed by atoms with van der Waals surface area (Å²) >= 11 is 6.72. The molecular weight excluding hydrogens is 206 g/mol. The van der Waals surface area contributed by atoms with Gasteiger partial charge in [-0.15, -0.1) is 11.6 Å². The fourth-order valence-electron chi connectivity index (χ4n) is 4.09. The van der Waals surface area contributed by atoms with E-state index in [0.717, 1.165) is 23.9 Å². The number of rotatable bonds is 0. The molecule has 1 nitrogen and oxygen atoms in total. The molecule has 3 fully saturated rings. The Labute approximate surface area is 98.0 Å². The Kier molecular flexibility index (Phi) is 2.95. The molecule has 0 radical (unpaired) electrons. The zero-order valence-corrected chi connectivity index (χ0v) is 10.2. The minimum absolute atomic E-state index is 0.474. The van der Waals surface area contributed by atoms with Crippen LogP contribution in [0.5, 0.6) is 0 Å². The van der Waals surface area contributed by atoms with Crippen molar-refractivity contribution in [2.75, 3.05) is 0 Å². The lowest BCUT2D eigenvalue weighted by atomic mass is 9.69. The second kappa shape index (κ2) is 4.25. The fourth-order valence-corrected chi connectivity index (χ4v) is 4.69.